The lowest BCUT2D eigenvalue weighted by Gasteiger charge is -2.23. The van der Waals surface area contributed by atoms with E-state index in [9.17, 15) is 4.79 Å². The molecule has 4 rings (SSSR count). The lowest BCUT2D eigenvalue weighted by molar-refractivity contribution is 0.0681. The third-order valence-corrected chi connectivity index (χ3v) is 6.26. The third-order valence-electron chi connectivity index (χ3n) is 4.50. The maximum absolute atomic E-state index is 12.4. The fraction of sp³-hybridized carbons (Fsp3) is 0.350. The van der Waals surface area contributed by atoms with E-state index >= 15 is 0 Å². The highest BCUT2D eigenvalue weighted by atomic mass is 32.1. The summed E-state index contributed by atoms with van der Waals surface area (Å²) in [5.74, 6) is -0.223. The van der Waals surface area contributed by atoms with Gasteiger partial charge in [0.05, 0.1) is 12.6 Å². The number of ether oxygens (including phenoxy) is 1. The Kier molecular flexibility index (Phi) is 6.43. The molecular weight excluding hydrogens is 392 g/mol. The molecule has 146 valence electrons. The minimum Gasteiger partial charge on any atom is -0.377 e. The zero-order valence-corrected chi connectivity index (χ0v) is 17.0. The summed E-state index contributed by atoms with van der Waals surface area (Å²) in [5.41, 5.74) is 0.752. The zero-order chi connectivity index (χ0) is 19.2. The fourth-order valence-corrected chi connectivity index (χ4v) is 4.71. The van der Waals surface area contributed by atoms with E-state index in [1.807, 2.05) is 30.3 Å². The second-order valence-corrected chi connectivity index (χ2v) is 8.80. The highest BCUT2D eigenvalue weighted by Gasteiger charge is 2.21. The van der Waals surface area contributed by atoms with Crippen molar-refractivity contribution in [2.45, 2.75) is 32.0 Å². The van der Waals surface area contributed by atoms with Gasteiger partial charge in [-0.25, -0.2) is 0 Å². The van der Waals surface area contributed by atoms with E-state index in [1.165, 1.54) is 16.2 Å². The van der Waals surface area contributed by atoms with Gasteiger partial charge in [0.2, 0.25) is 5.01 Å². The van der Waals surface area contributed by atoms with Crippen molar-refractivity contribution < 1.29 is 9.53 Å². The Balaban J connectivity index is 1.40. The van der Waals surface area contributed by atoms with Crippen LogP contribution in [0.25, 0.3) is 0 Å². The maximum Gasteiger partial charge on any atom is 0.286 e. The minimum atomic E-state index is -0.223. The van der Waals surface area contributed by atoms with Gasteiger partial charge in [0.1, 0.15) is 5.01 Å². The van der Waals surface area contributed by atoms with E-state index in [-0.39, 0.29) is 12.0 Å². The number of nitrogens with one attached hydrogen (secondary N) is 1. The van der Waals surface area contributed by atoms with Gasteiger partial charge in [0, 0.05) is 30.3 Å². The average Bonchev–Trinajstić information content (AvgIpc) is 3.45. The summed E-state index contributed by atoms with van der Waals surface area (Å²) in [7, 11) is 0. The highest BCUT2D eigenvalue weighted by Crippen LogP contribution is 2.21. The molecule has 28 heavy (non-hydrogen) atoms. The minimum absolute atomic E-state index is 0.223. The lowest BCUT2D eigenvalue weighted by atomic mass is 10.2. The monoisotopic (exact) mass is 414 g/mol. The topological polar surface area (TPSA) is 67.4 Å². The van der Waals surface area contributed by atoms with Crippen molar-refractivity contribution in [3.63, 3.8) is 0 Å². The van der Waals surface area contributed by atoms with Crippen LogP contribution in [0.15, 0.2) is 47.8 Å². The van der Waals surface area contributed by atoms with Gasteiger partial charge in [-0.1, -0.05) is 35.6 Å². The van der Waals surface area contributed by atoms with Crippen LogP contribution in [-0.4, -0.2) is 40.3 Å². The molecule has 0 bridgehead atoms. The number of carbonyl (C=O) groups is 1. The standard InChI is InChI=1S/C20H22N4O2S2/c25-19(21-15-6-2-1-3-7-15)20-23-22-18(28-20)14-24(12-16-8-4-10-26-16)13-17-9-5-11-27-17/h1-3,5-7,9,11,16H,4,8,10,12-14H2,(H,21,25). The Labute approximate surface area is 172 Å². The number of amides is 1. The Morgan fingerprint density at radius 3 is 2.82 bits per heavy atom. The van der Waals surface area contributed by atoms with Gasteiger partial charge < -0.3 is 10.1 Å². The number of hydrogen-bond acceptors (Lipinski definition) is 7. The van der Waals surface area contributed by atoms with E-state index in [1.54, 1.807) is 11.3 Å². The van der Waals surface area contributed by atoms with Crippen molar-refractivity contribution >= 4 is 34.3 Å². The molecule has 1 aliphatic heterocycles. The van der Waals surface area contributed by atoms with Crippen molar-refractivity contribution in [3.8, 4) is 0 Å². The first-order valence-corrected chi connectivity index (χ1v) is 11.0. The van der Waals surface area contributed by atoms with Crippen LogP contribution in [0.3, 0.4) is 0 Å². The first-order valence-electron chi connectivity index (χ1n) is 9.31. The largest absolute Gasteiger partial charge is 0.377 e. The molecule has 1 N–H and O–H groups in total. The summed E-state index contributed by atoms with van der Waals surface area (Å²) in [5, 5.41) is 14.5. The van der Waals surface area contributed by atoms with E-state index in [4.69, 9.17) is 4.74 Å². The van der Waals surface area contributed by atoms with Crippen molar-refractivity contribution in [1.82, 2.24) is 15.1 Å². The molecule has 0 saturated carbocycles. The molecular formula is C20H22N4O2S2. The van der Waals surface area contributed by atoms with Crippen molar-refractivity contribution in [2.75, 3.05) is 18.5 Å². The number of nitrogens with zero attached hydrogens (tertiary/aromatic N) is 3. The summed E-state index contributed by atoms with van der Waals surface area (Å²) in [6, 6.07) is 13.6. The summed E-state index contributed by atoms with van der Waals surface area (Å²) in [4.78, 5) is 16.1. The van der Waals surface area contributed by atoms with Crippen molar-refractivity contribution in [1.29, 1.82) is 0 Å². The molecule has 1 amide bonds. The molecule has 1 saturated heterocycles. The van der Waals surface area contributed by atoms with Crippen LogP contribution >= 0.6 is 22.7 Å². The van der Waals surface area contributed by atoms with Gasteiger partial charge in [-0.15, -0.1) is 21.5 Å². The first kappa shape index (κ1) is 19.2. The number of rotatable bonds is 8. The molecule has 6 nitrogen and oxygen atoms in total. The predicted molar refractivity (Wildman–Crippen MR) is 112 cm³/mol. The molecule has 1 aliphatic rings. The Hall–Kier alpha value is -2.13. The van der Waals surface area contributed by atoms with Gasteiger partial charge in [-0.2, -0.15) is 0 Å². The van der Waals surface area contributed by atoms with E-state index < -0.39 is 0 Å². The van der Waals surface area contributed by atoms with Crippen LogP contribution in [0.1, 0.15) is 32.5 Å². The molecule has 1 unspecified atom stereocenters. The van der Waals surface area contributed by atoms with Gasteiger partial charge >= 0.3 is 0 Å². The summed E-state index contributed by atoms with van der Waals surface area (Å²) in [6.45, 7) is 3.22. The Morgan fingerprint density at radius 2 is 2.07 bits per heavy atom. The predicted octanol–water partition coefficient (Wildman–Crippen LogP) is 4.03. The summed E-state index contributed by atoms with van der Waals surface area (Å²) in [6.07, 6.45) is 2.50. The summed E-state index contributed by atoms with van der Waals surface area (Å²) >= 11 is 3.10. The molecule has 3 aromatic rings. The zero-order valence-electron chi connectivity index (χ0n) is 15.4. The first-order chi connectivity index (χ1) is 13.8. The Morgan fingerprint density at radius 1 is 1.18 bits per heavy atom. The number of hydrogen-bond donors (Lipinski definition) is 1. The maximum atomic E-state index is 12.4. The smallest absolute Gasteiger partial charge is 0.286 e. The fourth-order valence-electron chi connectivity index (χ4n) is 3.19. The van der Waals surface area contributed by atoms with E-state index in [0.717, 1.165) is 43.2 Å². The second kappa shape index (κ2) is 9.38. The van der Waals surface area contributed by atoms with Crippen molar-refractivity contribution in [3.05, 3.63) is 62.7 Å². The van der Waals surface area contributed by atoms with E-state index in [0.29, 0.717) is 11.6 Å². The molecule has 1 fully saturated rings. The number of benzene rings is 1. The molecule has 0 aliphatic carbocycles. The number of thiophene rings is 1. The van der Waals surface area contributed by atoms with Gasteiger partial charge in [-0.05, 0) is 36.4 Å². The molecule has 2 aromatic heterocycles. The highest BCUT2D eigenvalue weighted by molar-refractivity contribution is 7.13. The van der Waals surface area contributed by atoms with Crippen LogP contribution < -0.4 is 5.32 Å². The molecule has 1 aromatic carbocycles. The van der Waals surface area contributed by atoms with Gasteiger partial charge in [-0.3, -0.25) is 9.69 Å². The van der Waals surface area contributed by atoms with Crippen LogP contribution in [-0.2, 0) is 17.8 Å². The summed E-state index contributed by atoms with van der Waals surface area (Å²) < 4.78 is 5.82. The second-order valence-electron chi connectivity index (χ2n) is 6.71. The Bertz CT molecular complexity index is 877. The van der Waals surface area contributed by atoms with Gasteiger partial charge in [0.15, 0.2) is 0 Å². The van der Waals surface area contributed by atoms with Gasteiger partial charge in [0.25, 0.3) is 5.91 Å². The molecule has 0 radical (unpaired) electrons. The third kappa shape index (κ3) is 5.23. The number of aromatic nitrogens is 2. The lowest BCUT2D eigenvalue weighted by Crippen LogP contribution is -2.31. The number of carbonyl (C=O) groups excluding carboxylic acids is 1. The van der Waals surface area contributed by atoms with Crippen LogP contribution in [0.2, 0.25) is 0 Å². The number of anilines is 1. The van der Waals surface area contributed by atoms with E-state index in [2.05, 4.69) is 37.9 Å². The molecule has 0 spiro atoms. The normalized spacial score (nSPS) is 16.5. The van der Waals surface area contributed by atoms with Crippen LogP contribution in [0, 0.1) is 0 Å². The van der Waals surface area contributed by atoms with Crippen LogP contribution in [0.5, 0.6) is 0 Å². The SMILES string of the molecule is O=C(Nc1ccccc1)c1nnc(CN(Cc2cccs2)CC2CCCO2)s1. The molecule has 3 heterocycles. The molecule has 8 heteroatoms. The van der Waals surface area contributed by atoms with Crippen molar-refractivity contribution in [2.24, 2.45) is 0 Å². The average molecular weight is 415 g/mol. The molecule has 1 atom stereocenters. The quantitative estimate of drug-likeness (QED) is 0.603. The number of para-hydroxylation sites is 1. The van der Waals surface area contributed by atoms with Crippen LogP contribution in [0.4, 0.5) is 5.69 Å².